The molecule has 132 valence electrons. The molecule has 3 rings (SSSR count). The van der Waals surface area contributed by atoms with E-state index in [0.717, 1.165) is 32.2 Å². The lowest BCUT2D eigenvalue weighted by molar-refractivity contribution is -0.128. The van der Waals surface area contributed by atoms with Crippen LogP contribution >= 0.6 is 0 Å². The number of hydrogen-bond donors (Lipinski definition) is 1. The summed E-state index contributed by atoms with van der Waals surface area (Å²) in [5, 5.41) is 3.00. The summed E-state index contributed by atoms with van der Waals surface area (Å²) in [5.41, 5.74) is 0.475. The summed E-state index contributed by atoms with van der Waals surface area (Å²) in [5.74, 6) is 0.158. The van der Waals surface area contributed by atoms with Gasteiger partial charge in [-0.1, -0.05) is 12.1 Å². The monoisotopic (exact) mass is 353 g/mol. The van der Waals surface area contributed by atoms with Gasteiger partial charge in [-0.3, -0.25) is 9.10 Å². The zero-order valence-corrected chi connectivity index (χ0v) is 14.8. The van der Waals surface area contributed by atoms with E-state index in [4.69, 9.17) is 4.74 Å². The van der Waals surface area contributed by atoms with E-state index < -0.39 is 16.1 Å². The molecule has 2 aliphatic rings. The summed E-state index contributed by atoms with van der Waals surface area (Å²) in [6.45, 7) is 1.87. The highest BCUT2D eigenvalue weighted by Gasteiger charge is 2.35. The Kier molecular flexibility index (Phi) is 4.69. The Morgan fingerprint density at radius 3 is 2.58 bits per heavy atom. The zero-order chi connectivity index (χ0) is 17.3. The molecule has 8 heteroatoms. The number of ether oxygens (including phenoxy) is 1. The van der Waals surface area contributed by atoms with Crippen LogP contribution < -0.4 is 14.4 Å². The molecule has 1 atom stereocenters. The summed E-state index contributed by atoms with van der Waals surface area (Å²) in [7, 11) is -1.42. The molecule has 1 saturated heterocycles. The molecule has 0 aliphatic carbocycles. The average molecular weight is 353 g/mol. The smallest absolute Gasteiger partial charge is 0.263 e. The van der Waals surface area contributed by atoms with Crippen molar-refractivity contribution >= 4 is 21.6 Å². The van der Waals surface area contributed by atoms with E-state index in [2.05, 4.69) is 17.3 Å². The van der Waals surface area contributed by atoms with Crippen molar-refractivity contribution in [1.29, 1.82) is 0 Å². The van der Waals surface area contributed by atoms with Gasteiger partial charge in [0.25, 0.3) is 5.91 Å². The largest absolute Gasteiger partial charge is 0.476 e. The van der Waals surface area contributed by atoms with E-state index in [0.29, 0.717) is 11.4 Å². The number of amides is 1. The van der Waals surface area contributed by atoms with Gasteiger partial charge in [0.05, 0.1) is 18.5 Å². The Labute approximate surface area is 142 Å². The Hall–Kier alpha value is -1.80. The van der Waals surface area contributed by atoms with Crippen molar-refractivity contribution in [2.24, 2.45) is 0 Å². The topological polar surface area (TPSA) is 79.0 Å². The Morgan fingerprint density at radius 1 is 1.25 bits per heavy atom. The van der Waals surface area contributed by atoms with Gasteiger partial charge in [-0.2, -0.15) is 0 Å². The average Bonchev–Trinajstić information content (AvgIpc) is 2.55. The molecule has 0 spiro atoms. The molecule has 2 aliphatic heterocycles. The van der Waals surface area contributed by atoms with Crippen molar-refractivity contribution in [2.75, 3.05) is 37.2 Å². The van der Waals surface area contributed by atoms with Gasteiger partial charge in [-0.05, 0) is 45.1 Å². The molecule has 1 aromatic rings. The maximum absolute atomic E-state index is 12.6. The van der Waals surface area contributed by atoms with Crippen molar-refractivity contribution in [1.82, 2.24) is 10.2 Å². The van der Waals surface area contributed by atoms with Gasteiger partial charge in [0.1, 0.15) is 5.75 Å². The number of rotatable bonds is 3. The SMILES string of the molecule is CN1CCC(NC(=O)C2CN(S(C)(=O)=O)c3ccccc3O2)CC1. The van der Waals surface area contributed by atoms with Crippen LogP contribution in [0.5, 0.6) is 5.75 Å². The number of para-hydroxylation sites is 2. The van der Waals surface area contributed by atoms with E-state index >= 15 is 0 Å². The molecule has 24 heavy (non-hydrogen) atoms. The predicted octanol–water partition coefficient (Wildman–Crippen LogP) is 0.424. The summed E-state index contributed by atoms with van der Waals surface area (Å²) in [4.78, 5) is 14.8. The Balaban J connectivity index is 1.74. The van der Waals surface area contributed by atoms with Crippen molar-refractivity contribution in [3.8, 4) is 5.75 Å². The molecule has 0 bridgehead atoms. The van der Waals surface area contributed by atoms with Crippen molar-refractivity contribution < 1.29 is 17.9 Å². The summed E-state index contributed by atoms with van der Waals surface area (Å²) >= 11 is 0. The lowest BCUT2D eigenvalue weighted by atomic mass is 10.1. The number of benzene rings is 1. The fourth-order valence-corrected chi connectivity index (χ4v) is 4.01. The first kappa shape index (κ1) is 17.0. The number of carbonyl (C=O) groups excluding carboxylic acids is 1. The van der Waals surface area contributed by atoms with Crippen LogP contribution in [-0.2, 0) is 14.8 Å². The highest BCUT2D eigenvalue weighted by molar-refractivity contribution is 7.92. The maximum Gasteiger partial charge on any atom is 0.263 e. The minimum absolute atomic E-state index is 0.00565. The van der Waals surface area contributed by atoms with E-state index in [1.54, 1.807) is 24.3 Å². The third-order valence-electron chi connectivity index (χ3n) is 4.49. The standard InChI is InChI=1S/C16H23N3O4S/c1-18-9-7-12(8-10-18)17-16(20)15-11-19(24(2,21)22)13-5-3-4-6-14(13)23-15/h3-6,12,15H,7-11H2,1-2H3,(H,17,20). The lowest BCUT2D eigenvalue weighted by Crippen LogP contribution is -2.53. The molecule has 0 radical (unpaired) electrons. The fourth-order valence-electron chi connectivity index (χ4n) is 3.10. The van der Waals surface area contributed by atoms with E-state index in [1.165, 1.54) is 4.31 Å². The van der Waals surface area contributed by atoms with Crippen LogP contribution in [0.25, 0.3) is 0 Å². The minimum atomic E-state index is -3.48. The van der Waals surface area contributed by atoms with Gasteiger partial charge in [0.2, 0.25) is 10.0 Å². The van der Waals surface area contributed by atoms with Crippen LogP contribution in [0.2, 0.25) is 0 Å². The first-order chi connectivity index (χ1) is 11.3. The van der Waals surface area contributed by atoms with Crippen LogP contribution in [0.3, 0.4) is 0 Å². The number of piperidine rings is 1. The minimum Gasteiger partial charge on any atom is -0.476 e. The molecule has 1 amide bonds. The zero-order valence-electron chi connectivity index (χ0n) is 13.9. The molecule has 1 N–H and O–H groups in total. The number of nitrogens with zero attached hydrogens (tertiary/aromatic N) is 2. The van der Waals surface area contributed by atoms with Gasteiger partial charge in [-0.15, -0.1) is 0 Å². The number of fused-ring (bicyclic) bond motifs is 1. The van der Waals surface area contributed by atoms with Crippen LogP contribution in [-0.4, -0.2) is 64.3 Å². The van der Waals surface area contributed by atoms with E-state index in [9.17, 15) is 13.2 Å². The molecule has 7 nitrogen and oxygen atoms in total. The summed E-state index contributed by atoms with van der Waals surface area (Å²) < 4.78 is 31.1. The van der Waals surface area contributed by atoms with Crippen LogP contribution in [0.15, 0.2) is 24.3 Å². The number of hydrogen-bond acceptors (Lipinski definition) is 5. The first-order valence-electron chi connectivity index (χ1n) is 8.07. The van der Waals surface area contributed by atoms with E-state index in [-0.39, 0.29) is 18.5 Å². The van der Waals surface area contributed by atoms with Gasteiger partial charge >= 0.3 is 0 Å². The molecule has 1 aromatic carbocycles. The molecule has 0 saturated carbocycles. The van der Waals surface area contributed by atoms with Crippen LogP contribution in [0.4, 0.5) is 5.69 Å². The molecule has 0 aromatic heterocycles. The number of carbonyl (C=O) groups is 1. The van der Waals surface area contributed by atoms with E-state index in [1.807, 2.05) is 0 Å². The molecule has 1 fully saturated rings. The lowest BCUT2D eigenvalue weighted by Gasteiger charge is -2.35. The second kappa shape index (κ2) is 6.60. The Bertz CT molecular complexity index is 714. The molecular weight excluding hydrogens is 330 g/mol. The Morgan fingerprint density at radius 2 is 1.92 bits per heavy atom. The van der Waals surface area contributed by atoms with Gasteiger partial charge in [0, 0.05) is 6.04 Å². The highest BCUT2D eigenvalue weighted by Crippen LogP contribution is 2.34. The predicted molar refractivity (Wildman–Crippen MR) is 91.7 cm³/mol. The second-order valence-corrected chi connectivity index (χ2v) is 8.36. The third-order valence-corrected chi connectivity index (χ3v) is 5.64. The van der Waals surface area contributed by atoms with Crippen molar-refractivity contribution in [3.63, 3.8) is 0 Å². The van der Waals surface area contributed by atoms with Crippen molar-refractivity contribution in [2.45, 2.75) is 25.0 Å². The van der Waals surface area contributed by atoms with Crippen molar-refractivity contribution in [3.05, 3.63) is 24.3 Å². The fraction of sp³-hybridized carbons (Fsp3) is 0.562. The molecule has 2 heterocycles. The highest BCUT2D eigenvalue weighted by atomic mass is 32.2. The summed E-state index contributed by atoms with van der Waals surface area (Å²) in [6.07, 6.45) is 2.08. The molecule has 1 unspecified atom stereocenters. The van der Waals surface area contributed by atoms with Crippen LogP contribution in [0.1, 0.15) is 12.8 Å². The maximum atomic E-state index is 12.6. The molecular formula is C16H23N3O4S. The summed E-state index contributed by atoms with van der Waals surface area (Å²) in [6, 6.07) is 6.99. The third kappa shape index (κ3) is 3.64. The quantitative estimate of drug-likeness (QED) is 0.852. The number of nitrogens with one attached hydrogen (secondary N) is 1. The van der Waals surface area contributed by atoms with Gasteiger partial charge in [-0.25, -0.2) is 8.42 Å². The number of anilines is 1. The second-order valence-electron chi connectivity index (χ2n) is 6.45. The number of sulfonamides is 1. The normalized spacial score (nSPS) is 22.6. The first-order valence-corrected chi connectivity index (χ1v) is 9.92. The number of likely N-dealkylation sites (tertiary alicyclic amines) is 1. The van der Waals surface area contributed by atoms with Gasteiger partial charge < -0.3 is 15.0 Å². The van der Waals surface area contributed by atoms with Gasteiger partial charge in [0.15, 0.2) is 6.10 Å². The van der Waals surface area contributed by atoms with Crippen LogP contribution in [0, 0.1) is 0 Å².